The number of amides is 2. The lowest BCUT2D eigenvalue weighted by Gasteiger charge is -2.20. The van der Waals surface area contributed by atoms with Crippen LogP contribution in [-0.4, -0.2) is 16.6 Å². The van der Waals surface area contributed by atoms with E-state index in [9.17, 15) is 4.79 Å². The van der Waals surface area contributed by atoms with E-state index < -0.39 is 0 Å². The maximum absolute atomic E-state index is 11.3. The lowest BCUT2D eigenvalue weighted by molar-refractivity contribution is 0.231. The van der Waals surface area contributed by atoms with Gasteiger partial charge in [-0.2, -0.15) is 0 Å². The summed E-state index contributed by atoms with van der Waals surface area (Å²) in [5, 5.41) is 5.58. The van der Waals surface area contributed by atoms with Crippen LogP contribution in [-0.2, 0) is 6.54 Å². The van der Waals surface area contributed by atoms with Crippen molar-refractivity contribution in [2.45, 2.75) is 32.9 Å². The normalized spacial score (nSPS) is 11.1. The smallest absolute Gasteiger partial charge is 0.315 e. The molecule has 0 aliphatic heterocycles. The highest BCUT2D eigenvalue weighted by molar-refractivity contribution is 7.09. The number of rotatable bonds is 2. The third-order valence-electron chi connectivity index (χ3n) is 1.40. The van der Waals surface area contributed by atoms with Crippen LogP contribution in [0.2, 0.25) is 0 Å². The molecule has 0 unspecified atom stereocenters. The molecule has 1 rings (SSSR count). The van der Waals surface area contributed by atoms with Crippen LogP contribution < -0.4 is 10.6 Å². The van der Waals surface area contributed by atoms with Gasteiger partial charge in [0.15, 0.2) is 0 Å². The molecule has 2 amide bonds. The molecule has 0 spiro atoms. The van der Waals surface area contributed by atoms with Crippen LogP contribution in [0.25, 0.3) is 0 Å². The standard InChI is InChI=1S/C9H15N3OS/c1-9(2,3)12-8(13)11-5-7-4-10-6-14-7/h4,6H,5H2,1-3H3,(H2,11,12,13). The molecule has 1 aromatic rings. The van der Waals surface area contributed by atoms with Crippen molar-refractivity contribution in [3.63, 3.8) is 0 Å². The van der Waals surface area contributed by atoms with Gasteiger partial charge in [0.25, 0.3) is 0 Å². The Hall–Kier alpha value is -1.10. The zero-order chi connectivity index (χ0) is 10.6. The zero-order valence-electron chi connectivity index (χ0n) is 8.63. The van der Waals surface area contributed by atoms with Gasteiger partial charge in [-0.1, -0.05) is 0 Å². The van der Waals surface area contributed by atoms with Crippen molar-refractivity contribution in [2.75, 3.05) is 0 Å². The maximum atomic E-state index is 11.3. The summed E-state index contributed by atoms with van der Waals surface area (Å²) in [6, 6.07) is -0.147. The predicted octanol–water partition coefficient (Wildman–Crippen LogP) is 1.74. The van der Waals surface area contributed by atoms with Crippen LogP contribution >= 0.6 is 11.3 Å². The van der Waals surface area contributed by atoms with E-state index in [-0.39, 0.29) is 11.6 Å². The maximum Gasteiger partial charge on any atom is 0.315 e. The summed E-state index contributed by atoms with van der Waals surface area (Å²) in [5.74, 6) is 0. The van der Waals surface area contributed by atoms with Crippen molar-refractivity contribution in [1.82, 2.24) is 15.6 Å². The van der Waals surface area contributed by atoms with Gasteiger partial charge in [0, 0.05) is 16.6 Å². The van der Waals surface area contributed by atoms with Crippen LogP contribution in [0.4, 0.5) is 4.79 Å². The summed E-state index contributed by atoms with van der Waals surface area (Å²) in [4.78, 5) is 16.3. The minimum Gasteiger partial charge on any atom is -0.334 e. The van der Waals surface area contributed by atoms with Gasteiger partial charge in [0.1, 0.15) is 0 Å². The predicted molar refractivity (Wildman–Crippen MR) is 57.2 cm³/mol. The van der Waals surface area contributed by atoms with E-state index in [1.54, 1.807) is 11.7 Å². The number of nitrogens with one attached hydrogen (secondary N) is 2. The van der Waals surface area contributed by atoms with Gasteiger partial charge < -0.3 is 10.6 Å². The monoisotopic (exact) mass is 213 g/mol. The van der Waals surface area contributed by atoms with E-state index in [0.717, 1.165) is 4.88 Å². The molecule has 1 heterocycles. The lowest BCUT2D eigenvalue weighted by Crippen LogP contribution is -2.46. The van der Waals surface area contributed by atoms with Gasteiger partial charge in [0.05, 0.1) is 12.1 Å². The Balaban J connectivity index is 2.29. The first-order valence-corrected chi connectivity index (χ1v) is 5.29. The average Bonchev–Trinajstić information content (AvgIpc) is 2.49. The number of carbonyl (C=O) groups is 1. The summed E-state index contributed by atoms with van der Waals surface area (Å²) in [6.45, 7) is 6.37. The highest BCUT2D eigenvalue weighted by Gasteiger charge is 2.12. The van der Waals surface area contributed by atoms with Crippen molar-refractivity contribution in [1.29, 1.82) is 0 Å². The Labute approximate surface area is 87.7 Å². The number of nitrogens with zero attached hydrogens (tertiary/aromatic N) is 1. The molecule has 4 nitrogen and oxygen atoms in total. The second-order valence-corrected chi connectivity index (χ2v) is 5.00. The first-order valence-electron chi connectivity index (χ1n) is 4.41. The molecule has 0 aliphatic rings. The van der Waals surface area contributed by atoms with E-state index in [1.165, 1.54) is 11.3 Å². The molecule has 0 radical (unpaired) electrons. The molecular weight excluding hydrogens is 198 g/mol. The molecule has 2 N–H and O–H groups in total. The van der Waals surface area contributed by atoms with E-state index in [0.29, 0.717) is 6.54 Å². The van der Waals surface area contributed by atoms with E-state index >= 15 is 0 Å². The first-order chi connectivity index (χ1) is 6.47. The van der Waals surface area contributed by atoms with E-state index in [2.05, 4.69) is 15.6 Å². The summed E-state index contributed by atoms with van der Waals surface area (Å²) in [6.07, 6.45) is 1.75. The number of carbonyl (C=O) groups excluding carboxylic acids is 1. The highest BCUT2D eigenvalue weighted by Crippen LogP contribution is 2.04. The lowest BCUT2D eigenvalue weighted by atomic mass is 10.1. The van der Waals surface area contributed by atoms with E-state index in [4.69, 9.17) is 0 Å². The van der Waals surface area contributed by atoms with Crippen LogP contribution in [0.5, 0.6) is 0 Å². The second kappa shape index (κ2) is 4.41. The summed E-state index contributed by atoms with van der Waals surface area (Å²) in [7, 11) is 0. The number of hydrogen-bond donors (Lipinski definition) is 2. The molecule has 1 aromatic heterocycles. The largest absolute Gasteiger partial charge is 0.334 e. The highest BCUT2D eigenvalue weighted by atomic mass is 32.1. The van der Waals surface area contributed by atoms with Crippen LogP contribution in [0, 0.1) is 0 Å². The van der Waals surface area contributed by atoms with Crippen LogP contribution in [0.3, 0.4) is 0 Å². The van der Waals surface area contributed by atoms with Crippen LogP contribution in [0.1, 0.15) is 25.6 Å². The van der Waals surface area contributed by atoms with Crippen molar-refractivity contribution in [2.24, 2.45) is 0 Å². The van der Waals surface area contributed by atoms with Gasteiger partial charge >= 0.3 is 6.03 Å². The quantitative estimate of drug-likeness (QED) is 0.786. The number of urea groups is 1. The molecule has 0 atom stereocenters. The number of hydrogen-bond acceptors (Lipinski definition) is 3. The van der Waals surface area contributed by atoms with Gasteiger partial charge in [-0.25, -0.2) is 4.79 Å². The Kier molecular flexibility index (Phi) is 3.46. The molecular formula is C9H15N3OS. The third-order valence-corrected chi connectivity index (χ3v) is 2.17. The Morgan fingerprint density at radius 1 is 1.57 bits per heavy atom. The Bertz CT molecular complexity index is 290. The topological polar surface area (TPSA) is 54.0 Å². The molecule has 0 fully saturated rings. The van der Waals surface area contributed by atoms with Gasteiger partial charge in [-0.3, -0.25) is 4.98 Å². The molecule has 5 heteroatoms. The first kappa shape index (κ1) is 11.0. The zero-order valence-corrected chi connectivity index (χ0v) is 9.44. The minimum atomic E-state index is -0.197. The fourth-order valence-electron chi connectivity index (χ4n) is 0.882. The van der Waals surface area contributed by atoms with Gasteiger partial charge in [-0.05, 0) is 20.8 Å². The fourth-order valence-corrected chi connectivity index (χ4v) is 1.42. The molecule has 0 aliphatic carbocycles. The Morgan fingerprint density at radius 3 is 2.79 bits per heavy atom. The molecule has 0 saturated carbocycles. The number of aromatic nitrogens is 1. The average molecular weight is 213 g/mol. The fraction of sp³-hybridized carbons (Fsp3) is 0.556. The molecule has 0 bridgehead atoms. The summed E-state index contributed by atoms with van der Waals surface area (Å²) in [5.41, 5.74) is 1.55. The van der Waals surface area contributed by atoms with Crippen molar-refractivity contribution in [3.8, 4) is 0 Å². The second-order valence-electron chi connectivity index (χ2n) is 4.03. The van der Waals surface area contributed by atoms with Crippen molar-refractivity contribution >= 4 is 17.4 Å². The molecule has 0 aromatic carbocycles. The van der Waals surface area contributed by atoms with Crippen LogP contribution in [0.15, 0.2) is 11.7 Å². The number of thiazole rings is 1. The van der Waals surface area contributed by atoms with Crippen molar-refractivity contribution < 1.29 is 4.79 Å². The van der Waals surface area contributed by atoms with E-state index in [1.807, 2.05) is 20.8 Å². The molecule has 14 heavy (non-hydrogen) atoms. The summed E-state index contributed by atoms with van der Waals surface area (Å²) < 4.78 is 0. The third kappa shape index (κ3) is 4.23. The SMILES string of the molecule is CC(C)(C)NC(=O)NCc1cncs1. The minimum absolute atomic E-state index is 0.147. The molecule has 0 saturated heterocycles. The molecule has 78 valence electrons. The van der Waals surface area contributed by atoms with Crippen molar-refractivity contribution in [3.05, 3.63) is 16.6 Å². The summed E-state index contributed by atoms with van der Waals surface area (Å²) >= 11 is 1.53. The van der Waals surface area contributed by atoms with Gasteiger partial charge in [0.2, 0.25) is 0 Å². The Morgan fingerprint density at radius 2 is 2.29 bits per heavy atom. The van der Waals surface area contributed by atoms with Gasteiger partial charge in [-0.15, -0.1) is 11.3 Å².